The van der Waals surface area contributed by atoms with Crippen molar-refractivity contribution in [1.29, 1.82) is 0 Å². The molecule has 0 spiro atoms. The number of carbonyl (C=O) groups is 1. The molecule has 0 rings (SSSR count). The van der Waals surface area contributed by atoms with Crippen LogP contribution in [0.2, 0.25) is 0 Å². The molecule has 0 aromatic rings. The Morgan fingerprint density at radius 1 is 1.45 bits per heavy atom. The summed E-state index contributed by atoms with van der Waals surface area (Å²) in [6.07, 6.45) is 4.92. The lowest BCUT2D eigenvalue weighted by molar-refractivity contribution is -0.116. The summed E-state index contributed by atoms with van der Waals surface area (Å²) in [7, 11) is 0. The molecule has 1 N–H and O–H groups in total. The van der Waals surface area contributed by atoms with E-state index in [1.54, 1.807) is 13.1 Å². The van der Waals surface area contributed by atoms with Crippen molar-refractivity contribution in [3.05, 3.63) is 24.6 Å². The van der Waals surface area contributed by atoms with Gasteiger partial charge in [-0.2, -0.15) is 0 Å². The molecule has 0 fully saturated rings. The van der Waals surface area contributed by atoms with Crippen LogP contribution in [0, 0.1) is 0 Å². The van der Waals surface area contributed by atoms with Gasteiger partial charge >= 0.3 is 0 Å². The number of allylic oxidation sites excluding steroid dienone is 1. The van der Waals surface area contributed by atoms with Crippen molar-refractivity contribution < 1.29 is 4.79 Å². The number of hydrogen-bond donors (Lipinski definition) is 1. The van der Waals surface area contributed by atoms with Gasteiger partial charge in [-0.15, -0.1) is 0 Å². The first-order chi connectivity index (χ1) is 5.16. The Morgan fingerprint density at radius 3 is 2.55 bits per heavy atom. The fraction of sp³-hybridized carbons (Fsp3) is 0.444. The summed E-state index contributed by atoms with van der Waals surface area (Å²) in [5, 5.41) is 2.86. The Balaban J connectivity index is 3.58. The molecule has 0 radical (unpaired) electrons. The molecule has 0 atom stereocenters. The van der Waals surface area contributed by atoms with Crippen molar-refractivity contribution in [3.63, 3.8) is 0 Å². The first-order valence-electron chi connectivity index (χ1n) is 3.69. The van der Waals surface area contributed by atoms with Crippen molar-refractivity contribution in [3.8, 4) is 0 Å². The second kappa shape index (κ2) is 5.71. The van der Waals surface area contributed by atoms with Crippen LogP contribution in [0.15, 0.2) is 24.6 Å². The SMILES string of the molecule is C=CN/C=C(\C)CCC(C)=O. The highest BCUT2D eigenvalue weighted by molar-refractivity contribution is 5.75. The third kappa shape index (κ3) is 6.84. The van der Waals surface area contributed by atoms with Crippen molar-refractivity contribution in [1.82, 2.24) is 5.32 Å². The Morgan fingerprint density at radius 2 is 2.09 bits per heavy atom. The molecule has 0 aromatic carbocycles. The molecule has 2 nitrogen and oxygen atoms in total. The summed E-state index contributed by atoms with van der Waals surface area (Å²) in [5.74, 6) is 0.233. The van der Waals surface area contributed by atoms with Gasteiger partial charge < -0.3 is 10.1 Å². The molecular formula is C9H15NO. The quantitative estimate of drug-likeness (QED) is 0.654. The summed E-state index contributed by atoms with van der Waals surface area (Å²) in [5.41, 5.74) is 1.17. The fourth-order valence-electron chi connectivity index (χ4n) is 0.647. The Kier molecular flexibility index (Phi) is 5.17. The first-order valence-corrected chi connectivity index (χ1v) is 3.69. The molecule has 0 aliphatic heterocycles. The zero-order chi connectivity index (χ0) is 8.69. The zero-order valence-corrected chi connectivity index (χ0v) is 7.18. The van der Waals surface area contributed by atoms with E-state index in [0.29, 0.717) is 6.42 Å². The van der Waals surface area contributed by atoms with E-state index in [-0.39, 0.29) is 5.78 Å². The third-order valence-electron chi connectivity index (χ3n) is 1.32. The molecular weight excluding hydrogens is 138 g/mol. The minimum Gasteiger partial charge on any atom is -0.368 e. The fourth-order valence-corrected chi connectivity index (χ4v) is 0.647. The van der Waals surface area contributed by atoms with E-state index in [9.17, 15) is 4.79 Å². The number of ketones is 1. The van der Waals surface area contributed by atoms with Crippen LogP contribution < -0.4 is 5.32 Å². The van der Waals surface area contributed by atoms with Crippen molar-refractivity contribution >= 4 is 5.78 Å². The molecule has 0 bridgehead atoms. The predicted octanol–water partition coefficient (Wildman–Crippen LogP) is 1.99. The van der Waals surface area contributed by atoms with E-state index >= 15 is 0 Å². The van der Waals surface area contributed by atoms with Gasteiger partial charge in [0.1, 0.15) is 5.78 Å². The Labute approximate surface area is 68.0 Å². The van der Waals surface area contributed by atoms with E-state index in [1.807, 2.05) is 13.1 Å². The number of hydrogen-bond acceptors (Lipinski definition) is 2. The van der Waals surface area contributed by atoms with Crippen LogP contribution in [0.5, 0.6) is 0 Å². The molecule has 0 amide bonds. The standard InChI is InChI=1S/C9H15NO/c1-4-10-7-8(2)5-6-9(3)11/h4,7,10H,1,5-6H2,2-3H3/b8-7+. The summed E-state index contributed by atoms with van der Waals surface area (Å²) in [4.78, 5) is 10.6. The topological polar surface area (TPSA) is 29.1 Å². The maximum Gasteiger partial charge on any atom is 0.130 e. The molecule has 0 saturated carbocycles. The summed E-state index contributed by atoms with van der Waals surface area (Å²) in [6, 6.07) is 0. The van der Waals surface area contributed by atoms with E-state index in [1.165, 1.54) is 5.57 Å². The van der Waals surface area contributed by atoms with Gasteiger partial charge in [0.15, 0.2) is 0 Å². The second-order valence-corrected chi connectivity index (χ2v) is 2.56. The number of carbonyl (C=O) groups excluding carboxylic acids is 1. The lowest BCUT2D eigenvalue weighted by Gasteiger charge is -1.97. The van der Waals surface area contributed by atoms with Crippen LogP contribution in [0.1, 0.15) is 26.7 Å². The summed E-state index contributed by atoms with van der Waals surface area (Å²) >= 11 is 0. The third-order valence-corrected chi connectivity index (χ3v) is 1.32. The van der Waals surface area contributed by atoms with Crippen molar-refractivity contribution in [2.75, 3.05) is 0 Å². The summed E-state index contributed by atoms with van der Waals surface area (Å²) in [6.45, 7) is 7.10. The first kappa shape index (κ1) is 9.95. The molecule has 2 heteroatoms. The van der Waals surface area contributed by atoms with Crippen LogP contribution in [0.4, 0.5) is 0 Å². The van der Waals surface area contributed by atoms with E-state index in [2.05, 4.69) is 11.9 Å². The second-order valence-electron chi connectivity index (χ2n) is 2.56. The van der Waals surface area contributed by atoms with Crippen LogP contribution in [-0.2, 0) is 4.79 Å². The molecule has 0 aromatic heterocycles. The highest BCUT2D eigenvalue weighted by Crippen LogP contribution is 2.02. The van der Waals surface area contributed by atoms with Crippen LogP contribution in [-0.4, -0.2) is 5.78 Å². The van der Waals surface area contributed by atoms with Gasteiger partial charge in [0.05, 0.1) is 0 Å². The smallest absolute Gasteiger partial charge is 0.130 e. The molecule has 11 heavy (non-hydrogen) atoms. The molecule has 0 heterocycles. The molecule has 62 valence electrons. The lowest BCUT2D eigenvalue weighted by Crippen LogP contribution is -1.95. The molecule has 0 aliphatic carbocycles. The zero-order valence-electron chi connectivity index (χ0n) is 7.18. The monoisotopic (exact) mass is 153 g/mol. The average molecular weight is 153 g/mol. The Hall–Kier alpha value is -1.05. The number of nitrogens with one attached hydrogen (secondary N) is 1. The van der Waals surface area contributed by atoms with E-state index < -0.39 is 0 Å². The highest BCUT2D eigenvalue weighted by atomic mass is 16.1. The average Bonchev–Trinajstić information content (AvgIpc) is 1.97. The largest absolute Gasteiger partial charge is 0.368 e. The van der Waals surface area contributed by atoms with Gasteiger partial charge in [0.25, 0.3) is 0 Å². The number of rotatable bonds is 5. The maximum atomic E-state index is 10.6. The van der Waals surface area contributed by atoms with Gasteiger partial charge in [-0.3, -0.25) is 0 Å². The maximum absolute atomic E-state index is 10.6. The van der Waals surface area contributed by atoms with Gasteiger partial charge in [0.2, 0.25) is 0 Å². The van der Waals surface area contributed by atoms with Crippen molar-refractivity contribution in [2.24, 2.45) is 0 Å². The van der Waals surface area contributed by atoms with Crippen LogP contribution in [0.25, 0.3) is 0 Å². The van der Waals surface area contributed by atoms with Gasteiger partial charge in [0, 0.05) is 6.42 Å². The lowest BCUT2D eigenvalue weighted by atomic mass is 10.1. The highest BCUT2D eigenvalue weighted by Gasteiger charge is 1.93. The van der Waals surface area contributed by atoms with Crippen LogP contribution >= 0.6 is 0 Å². The summed E-state index contributed by atoms with van der Waals surface area (Å²) < 4.78 is 0. The minimum atomic E-state index is 0.233. The predicted molar refractivity (Wildman–Crippen MR) is 47.0 cm³/mol. The number of Topliss-reactive ketones (excluding diaryl/α,β-unsaturated/α-hetero) is 1. The van der Waals surface area contributed by atoms with Gasteiger partial charge in [-0.05, 0) is 32.7 Å². The van der Waals surface area contributed by atoms with Crippen molar-refractivity contribution in [2.45, 2.75) is 26.7 Å². The molecule has 0 unspecified atom stereocenters. The van der Waals surface area contributed by atoms with E-state index in [4.69, 9.17) is 0 Å². The van der Waals surface area contributed by atoms with Gasteiger partial charge in [-0.25, -0.2) is 0 Å². The van der Waals surface area contributed by atoms with E-state index in [0.717, 1.165) is 6.42 Å². The normalized spacial score (nSPS) is 10.9. The minimum absolute atomic E-state index is 0.233. The molecule has 0 saturated heterocycles. The van der Waals surface area contributed by atoms with Crippen LogP contribution in [0.3, 0.4) is 0 Å². The molecule has 0 aliphatic rings. The van der Waals surface area contributed by atoms with Gasteiger partial charge in [-0.1, -0.05) is 12.2 Å². The Bertz CT molecular complexity index is 170.